The molecule has 0 spiro atoms. The standard InChI is InChI=1S/C16H26N4O4.HI/c1-18-16(20-10-12-5-6-14(24-12)15(17)21)19-7-3-8-22-11-13-4-2-9-23-13;/h5-6,13H,2-4,7-11H2,1H3,(H2,17,21)(H2,18,19,20);1H. The third kappa shape index (κ3) is 8.06. The Morgan fingerprint density at radius 3 is 2.92 bits per heavy atom. The summed E-state index contributed by atoms with van der Waals surface area (Å²) in [6.45, 7) is 3.38. The van der Waals surface area contributed by atoms with Gasteiger partial charge in [-0.2, -0.15) is 0 Å². The van der Waals surface area contributed by atoms with E-state index < -0.39 is 5.91 Å². The molecule has 2 heterocycles. The van der Waals surface area contributed by atoms with Gasteiger partial charge in [-0.1, -0.05) is 0 Å². The number of primary amides is 1. The Balaban J connectivity index is 0.00000312. The maximum Gasteiger partial charge on any atom is 0.284 e. The molecule has 1 fully saturated rings. The zero-order valence-electron chi connectivity index (χ0n) is 14.5. The Labute approximate surface area is 164 Å². The van der Waals surface area contributed by atoms with Crippen molar-refractivity contribution in [1.29, 1.82) is 0 Å². The number of carbonyl (C=O) groups is 1. The van der Waals surface area contributed by atoms with Crippen LogP contribution in [0, 0.1) is 0 Å². The number of aliphatic imine (C=N–C) groups is 1. The van der Waals surface area contributed by atoms with E-state index in [-0.39, 0.29) is 35.8 Å². The van der Waals surface area contributed by atoms with Gasteiger partial charge >= 0.3 is 0 Å². The molecule has 1 unspecified atom stereocenters. The van der Waals surface area contributed by atoms with Crippen LogP contribution in [-0.4, -0.2) is 51.4 Å². The lowest BCUT2D eigenvalue weighted by molar-refractivity contribution is 0.0168. The number of ether oxygens (including phenoxy) is 2. The number of carbonyl (C=O) groups excluding carboxylic acids is 1. The Morgan fingerprint density at radius 2 is 2.28 bits per heavy atom. The number of nitrogens with zero attached hydrogens (tertiary/aromatic N) is 1. The third-order valence-electron chi connectivity index (χ3n) is 3.64. The van der Waals surface area contributed by atoms with Crippen LogP contribution in [0.3, 0.4) is 0 Å². The fraction of sp³-hybridized carbons (Fsp3) is 0.625. The Bertz CT molecular complexity index is 544. The molecule has 142 valence electrons. The van der Waals surface area contributed by atoms with E-state index in [1.807, 2.05) is 0 Å². The number of guanidine groups is 1. The molecule has 1 saturated heterocycles. The van der Waals surface area contributed by atoms with Crippen LogP contribution < -0.4 is 16.4 Å². The lowest BCUT2D eigenvalue weighted by atomic mass is 10.2. The summed E-state index contributed by atoms with van der Waals surface area (Å²) in [5, 5.41) is 6.30. The van der Waals surface area contributed by atoms with Crippen molar-refractivity contribution in [2.75, 3.05) is 33.4 Å². The van der Waals surface area contributed by atoms with Crippen molar-refractivity contribution in [3.63, 3.8) is 0 Å². The first kappa shape index (κ1) is 21.7. The highest BCUT2D eigenvalue weighted by Gasteiger charge is 2.14. The molecule has 1 amide bonds. The van der Waals surface area contributed by atoms with Crippen molar-refractivity contribution in [3.05, 3.63) is 23.7 Å². The van der Waals surface area contributed by atoms with Crippen LogP contribution in [0.4, 0.5) is 0 Å². The summed E-state index contributed by atoms with van der Waals surface area (Å²) in [6.07, 6.45) is 3.37. The maximum absolute atomic E-state index is 11.0. The molecule has 1 aromatic rings. The van der Waals surface area contributed by atoms with Crippen molar-refractivity contribution in [3.8, 4) is 0 Å². The van der Waals surface area contributed by atoms with Gasteiger partial charge in [-0.3, -0.25) is 9.79 Å². The summed E-state index contributed by atoms with van der Waals surface area (Å²) in [5.74, 6) is 0.850. The quantitative estimate of drug-likeness (QED) is 0.219. The van der Waals surface area contributed by atoms with Gasteiger partial charge in [0, 0.05) is 26.8 Å². The molecule has 0 aromatic carbocycles. The van der Waals surface area contributed by atoms with Crippen LogP contribution in [-0.2, 0) is 16.0 Å². The minimum atomic E-state index is -0.577. The fourth-order valence-electron chi connectivity index (χ4n) is 2.37. The van der Waals surface area contributed by atoms with E-state index in [9.17, 15) is 4.79 Å². The second kappa shape index (κ2) is 12.1. The molecule has 1 aromatic heterocycles. The van der Waals surface area contributed by atoms with Gasteiger partial charge in [0.25, 0.3) is 5.91 Å². The highest BCUT2D eigenvalue weighted by atomic mass is 127. The van der Waals surface area contributed by atoms with Crippen LogP contribution in [0.15, 0.2) is 21.5 Å². The molecule has 0 radical (unpaired) electrons. The van der Waals surface area contributed by atoms with Crippen LogP contribution >= 0.6 is 24.0 Å². The molecule has 1 atom stereocenters. The number of hydrogen-bond donors (Lipinski definition) is 3. The van der Waals surface area contributed by atoms with Gasteiger partial charge < -0.3 is 30.3 Å². The minimum Gasteiger partial charge on any atom is -0.454 e. The minimum absolute atomic E-state index is 0. The maximum atomic E-state index is 11.0. The zero-order chi connectivity index (χ0) is 17.2. The van der Waals surface area contributed by atoms with Crippen molar-refractivity contribution >= 4 is 35.8 Å². The van der Waals surface area contributed by atoms with E-state index in [4.69, 9.17) is 19.6 Å². The van der Waals surface area contributed by atoms with Crippen LogP contribution in [0.25, 0.3) is 0 Å². The molecule has 25 heavy (non-hydrogen) atoms. The summed E-state index contributed by atoms with van der Waals surface area (Å²) in [5.41, 5.74) is 5.15. The number of hydrogen-bond acceptors (Lipinski definition) is 5. The first-order valence-corrected chi connectivity index (χ1v) is 8.21. The average molecular weight is 466 g/mol. The normalized spacial score (nSPS) is 17.2. The van der Waals surface area contributed by atoms with E-state index in [0.29, 0.717) is 31.5 Å². The number of nitrogens with two attached hydrogens (primary N) is 1. The SMILES string of the molecule is CN=C(NCCCOCC1CCCO1)NCc1ccc(C(N)=O)o1.I. The van der Waals surface area contributed by atoms with Gasteiger partial charge in [-0.05, 0) is 31.4 Å². The third-order valence-corrected chi connectivity index (χ3v) is 3.64. The lowest BCUT2D eigenvalue weighted by Gasteiger charge is -2.12. The zero-order valence-corrected chi connectivity index (χ0v) is 16.8. The molecule has 1 aliphatic rings. The summed E-state index contributed by atoms with van der Waals surface area (Å²) in [7, 11) is 1.69. The van der Waals surface area contributed by atoms with E-state index in [1.165, 1.54) is 0 Å². The first-order chi connectivity index (χ1) is 11.7. The highest BCUT2D eigenvalue weighted by Crippen LogP contribution is 2.11. The second-order valence-electron chi connectivity index (χ2n) is 5.55. The molecule has 9 heteroatoms. The predicted molar refractivity (Wildman–Crippen MR) is 105 cm³/mol. The highest BCUT2D eigenvalue weighted by molar-refractivity contribution is 14.0. The molecule has 4 N–H and O–H groups in total. The van der Waals surface area contributed by atoms with E-state index >= 15 is 0 Å². The van der Waals surface area contributed by atoms with Gasteiger partial charge in [0.2, 0.25) is 0 Å². The van der Waals surface area contributed by atoms with Gasteiger partial charge in [-0.25, -0.2) is 0 Å². The van der Waals surface area contributed by atoms with Crippen LogP contribution in [0.5, 0.6) is 0 Å². The topological polar surface area (TPSA) is 111 Å². The van der Waals surface area contributed by atoms with Gasteiger partial charge in [0.1, 0.15) is 5.76 Å². The molecule has 1 aliphatic heterocycles. The second-order valence-corrected chi connectivity index (χ2v) is 5.55. The lowest BCUT2D eigenvalue weighted by Crippen LogP contribution is -2.37. The summed E-state index contributed by atoms with van der Waals surface area (Å²) >= 11 is 0. The molecule has 0 aliphatic carbocycles. The Morgan fingerprint density at radius 1 is 1.44 bits per heavy atom. The molecular formula is C16H27IN4O4. The monoisotopic (exact) mass is 466 g/mol. The molecule has 0 saturated carbocycles. The van der Waals surface area contributed by atoms with Gasteiger partial charge in [-0.15, -0.1) is 24.0 Å². The van der Waals surface area contributed by atoms with E-state index in [2.05, 4.69) is 15.6 Å². The first-order valence-electron chi connectivity index (χ1n) is 8.21. The number of halogens is 1. The van der Waals surface area contributed by atoms with Gasteiger partial charge in [0.05, 0.1) is 19.3 Å². The van der Waals surface area contributed by atoms with Crippen LogP contribution in [0.2, 0.25) is 0 Å². The number of amides is 1. The smallest absolute Gasteiger partial charge is 0.284 e. The largest absolute Gasteiger partial charge is 0.454 e. The Kier molecular flexibility index (Phi) is 10.5. The number of nitrogens with one attached hydrogen (secondary N) is 2. The van der Waals surface area contributed by atoms with Gasteiger partial charge in [0.15, 0.2) is 11.7 Å². The number of rotatable bonds is 9. The predicted octanol–water partition coefficient (Wildman–Crippen LogP) is 1.25. The van der Waals surface area contributed by atoms with E-state index in [1.54, 1.807) is 19.2 Å². The Hall–Kier alpha value is -1.33. The fourth-order valence-corrected chi connectivity index (χ4v) is 2.37. The van der Waals surface area contributed by atoms with Crippen molar-refractivity contribution in [2.24, 2.45) is 10.7 Å². The molecule has 2 rings (SSSR count). The summed E-state index contributed by atoms with van der Waals surface area (Å²) < 4.78 is 16.4. The van der Waals surface area contributed by atoms with E-state index in [0.717, 1.165) is 32.4 Å². The molecule has 8 nitrogen and oxygen atoms in total. The van der Waals surface area contributed by atoms with Crippen molar-refractivity contribution in [2.45, 2.75) is 31.9 Å². The van der Waals surface area contributed by atoms with Crippen molar-refractivity contribution in [1.82, 2.24) is 10.6 Å². The molecule has 0 bridgehead atoms. The number of furan rings is 1. The van der Waals surface area contributed by atoms with Crippen LogP contribution in [0.1, 0.15) is 35.6 Å². The summed E-state index contributed by atoms with van der Waals surface area (Å²) in [4.78, 5) is 15.1. The summed E-state index contributed by atoms with van der Waals surface area (Å²) in [6, 6.07) is 3.26. The van der Waals surface area contributed by atoms with Crippen molar-refractivity contribution < 1.29 is 18.7 Å². The average Bonchev–Trinajstić information content (AvgIpc) is 3.25. The molecular weight excluding hydrogens is 439 g/mol.